The van der Waals surface area contributed by atoms with Crippen LogP contribution in [0.2, 0.25) is 0 Å². The Kier molecular flexibility index (Phi) is 8.83. The van der Waals surface area contributed by atoms with Crippen LogP contribution >= 0.6 is 12.4 Å². The quantitative estimate of drug-likeness (QED) is 0.735. The molecule has 2 aliphatic rings. The molecule has 0 aromatic heterocycles. The van der Waals surface area contributed by atoms with Gasteiger partial charge in [0.2, 0.25) is 5.91 Å². The minimum atomic E-state index is -0.0743. The van der Waals surface area contributed by atoms with Gasteiger partial charge in [0.1, 0.15) is 5.75 Å². The highest BCUT2D eigenvalue weighted by molar-refractivity contribution is 5.85. The van der Waals surface area contributed by atoms with E-state index in [1.54, 1.807) is 0 Å². The number of carbonyl (C=O) groups is 1. The Morgan fingerprint density at radius 3 is 2.59 bits per heavy atom. The van der Waals surface area contributed by atoms with Crippen LogP contribution in [-0.2, 0) is 19.7 Å². The molecule has 0 radical (unpaired) electrons. The van der Waals surface area contributed by atoms with Gasteiger partial charge in [0.25, 0.3) is 0 Å². The topological polar surface area (TPSA) is 68.8 Å². The molecule has 1 amide bonds. The molecule has 0 saturated carbocycles. The standard InChI is InChI=1S/C20H30N2O4.ClH/c1-2-26-18-5-3-16(4-6-18)20(7-10-24-11-8-20)15-22-19(23)13-17-14-25-12-9-21-17;/h3-6,17,21H,2,7-15H2,1H3,(H,22,23);1H. The van der Waals surface area contributed by atoms with Gasteiger partial charge in [-0.2, -0.15) is 0 Å². The Bertz CT molecular complexity index is 570. The van der Waals surface area contributed by atoms with Crippen molar-refractivity contribution in [3.05, 3.63) is 29.8 Å². The van der Waals surface area contributed by atoms with E-state index in [9.17, 15) is 4.79 Å². The van der Waals surface area contributed by atoms with Gasteiger partial charge in [-0.3, -0.25) is 4.79 Å². The summed E-state index contributed by atoms with van der Waals surface area (Å²) in [5.74, 6) is 0.954. The van der Waals surface area contributed by atoms with Crippen LogP contribution in [0.3, 0.4) is 0 Å². The van der Waals surface area contributed by atoms with Gasteiger partial charge in [-0.25, -0.2) is 0 Å². The second-order valence-corrected chi connectivity index (χ2v) is 7.06. The molecule has 1 aromatic rings. The Labute approximate surface area is 167 Å². The number of hydrogen-bond donors (Lipinski definition) is 2. The maximum absolute atomic E-state index is 12.4. The third-order valence-corrected chi connectivity index (χ3v) is 5.28. The van der Waals surface area contributed by atoms with Crippen molar-refractivity contribution in [2.24, 2.45) is 0 Å². The number of ether oxygens (including phenoxy) is 3. The molecule has 1 aromatic carbocycles. The third-order valence-electron chi connectivity index (χ3n) is 5.28. The van der Waals surface area contributed by atoms with Crippen molar-refractivity contribution in [3.63, 3.8) is 0 Å². The molecular formula is C20H31ClN2O4. The maximum atomic E-state index is 12.4. The number of benzene rings is 1. The normalized spacial score (nSPS) is 21.7. The summed E-state index contributed by atoms with van der Waals surface area (Å²) < 4.78 is 16.6. The SMILES string of the molecule is CCOc1ccc(C2(CNC(=O)CC3COCCN3)CCOCC2)cc1.Cl. The number of rotatable bonds is 7. The van der Waals surface area contributed by atoms with Gasteiger partial charge in [0, 0.05) is 44.2 Å². The van der Waals surface area contributed by atoms with E-state index in [4.69, 9.17) is 14.2 Å². The summed E-state index contributed by atoms with van der Waals surface area (Å²) in [6.45, 7) is 6.86. The third kappa shape index (κ3) is 6.07. The van der Waals surface area contributed by atoms with Gasteiger partial charge in [-0.1, -0.05) is 12.1 Å². The summed E-state index contributed by atoms with van der Waals surface area (Å²) in [4.78, 5) is 12.4. The smallest absolute Gasteiger partial charge is 0.221 e. The molecule has 1 atom stereocenters. The predicted octanol–water partition coefficient (Wildman–Crippen LogP) is 2.05. The van der Waals surface area contributed by atoms with Gasteiger partial charge in [-0.15, -0.1) is 12.4 Å². The summed E-state index contributed by atoms with van der Waals surface area (Å²) in [5.41, 5.74) is 1.17. The van der Waals surface area contributed by atoms with E-state index in [1.165, 1.54) is 5.56 Å². The van der Waals surface area contributed by atoms with E-state index < -0.39 is 0 Å². The fraction of sp³-hybridized carbons (Fsp3) is 0.650. The van der Waals surface area contributed by atoms with Crippen LogP contribution in [0.1, 0.15) is 31.7 Å². The Morgan fingerprint density at radius 2 is 1.96 bits per heavy atom. The molecule has 2 N–H and O–H groups in total. The average molecular weight is 399 g/mol. The highest BCUT2D eigenvalue weighted by atomic mass is 35.5. The lowest BCUT2D eigenvalue weighted by atomic mass is 9.74. The lowest BCUT2D eigenvalue weighted by Crippen LogP contribution is -2.48. The first-order valence-electron chi connectivity index (χ1n) is 9.61. The van der Waals surface area contributed by atoms with E-state index >= 15 is 0 Å². The first kappa shape index (κ1) is 22.0. The summed E-state index contributed by atoms with van der Waals surface area (Å²) in [6, 6.07) is 8.39. The van der Waals surface area contributed by atoms with Crippen molar-refractivity contribution in [2.45, 2.75) is 37.6 Å². The zero-order chi connectivity index (χ0) is 18.2. The minimum absolute atomic E-state index is 0. The number of halogens is 1. The first-order chi connectivity index (χ1) is 12.7. The van der Waals surface area contributed by atoms with Crippen LogP contribution in [0.25, 0.3) is 0 Å². The Balaban J connectivity index is 0.00000261. The number of hydrogen-bond acceptors (Lipinski definition) is 5. The van der Waals surface area contributed by atoms with Crippen LogP contribution in [-0.4, -0.2) is 58.1 Å². The summed E-state index contributed by atoms with van der Waals surface area (Å²) in [7, 11) is 0. The molecule has 152 valence electrons. The highest BCUT2D eigenvalue weighted by Gasteiger charge is 2.35. The molecule has 2 aliphatic heterocycles. The summed E-state index contributed by atoms with van der Waals surface area (Å²) >= 11 is 0. The van der Waals surface area contributed by atoms with Crippen molar-refractivity contribution >= 4 is 18.3 Å². The molecule has 0 spiro atoms. The summed E-state index contributed by atoms with van der Waals surface area (Å²) in [6.07, 6.45) is 2.27. The van der Waals surface area contributed by atoms with E-state index in [2.05, 4.69) is 22.8 Å². The molecule has 0 aliphatic carbocycles. The van der Waals surface area contributed by atoms with Crippen LogP contribution in [0, 0.1) is 0 Å². The molecule has 2 fully saturated rings. The highest BCUT2D eigenvalue weighted by Crippen LogP contribution is 2.35. The van der Waals surface area contributed by atoms with Crippen molar-refractivity contribution < 1.29 is 19.0 Å². The molecule has 2 heterocycles. The van der Waals surface area contributed by atoms with Crippen LogP contribution < -0.4 is 15.4 Å². The average Bonchev–Trinajstić information content (AvgIpc) is 2.69. The van der Waals surface area contributed by atoms with Gasteiger partial charge >= 0.3 is 0 Å². The molecule has 1 unspecified atom stereocenters. The van der Waals surface area contributed by atoms with Crippen molar-refractivity contribution in [3.8, 4) is 5.75 Å². The number of carbonyl (C=O) groups excluding carboxylic acids is 1. The van der Waals surface area contributed by atoms with Crippen LogP contribution in [0.5, 0.6) is 5.75 Å². The molecule has 7 heteroatoms. The van der Waals surface area contributed by atoms with Crippen molar-refractivity contribution in [1.82, 2.24) is 10.6 Å². The Morgan fingerprint density at radius 1 is 1.22 bits per heavy atom. The van der Waals surface area contributed by atoms with Gasteiger partial charge in [0.15, 0.2) is 0 Å². The van der Waals surface area contributed by atoms with E-state index in [0.717, 1.165) is 45.0 Å². The van der Waals surface area contributed by atoms with E-state index in [1.807, 2.05) is 19.1 Å². The molecule has 0 bridgehead atoms. The first-order valence-corrected chi connectivity index (χ1v) is 9.61. The second-order valence-electron chi connectivity index (χ2n) is 7.06. The predicted molar refractivity (Wildman–Crippen MR) is 107 cm³/mol. The monoisotopic (exact) mass is 398 g/mol. The molecule has 2 saturated heterocycles. The molecule has 27 heavy (non-hydrogen) atoms. The largest absolute Gasteiger partial charge is 0.494 e. The van der Waals surface area contributed by atoms with Gasteiger partial charge in [-0.05, 0) is 37.5 Å². The minimum Gasteiger partial charge on any atom is -0.494 e. The lowest BCUT2D eigenvalue weighted by Gasteiger charge is -2.38. The van der Waals surface area contributed by atoms with Gasteiger partial charge in [0.05, 0.1) is 19.8 Å². The number of morpholine rings is 1. The maximum Gasteiger partial charge on any atom is 0.221 e. The van der Waals surface area contributed by atoms with E-state index in [0.29, 0.717) is 26.2 Å². The van der Waals surface area contributed by atoms with Crippen LogP contribution in [0.15, 0.2) is 24.3 Å². The molecule has 6 nitrogen and oxygen atoms in total. The lowest BCUT2D eigenvalue weighted by molar-refractivity contribution is -0.122. The van der Waals surface area contributed by atoms with Crippen molar-refractivity contribution in [2.75, 3.05) is 46.1 Å². The fourth-order valence-corrected chi connectivity index (χ4v) is 3.72. The molecule has 3 rings (SSSR count). The number of amides is 1. The zero-order valence-electron chi connectivity index (χ0n) is 16.0. The van der Waals surface area contributed by atoms with E-state index in [-0.39, 0.29) is 29.8 Å². The Hall–Kier alpha value is -1.34. The van der Waals surface area contributed by atoms with Crippen LogP contribution in [0.4, 0.5) is 0 Å². The zero-order valence-corrected chi connectivity index (χ0v) is 16.8. The summed E-state index contributed by atoms with van der Waals surface area (Å²) in [5, 5.41) is 6.49. The molecular weight excluding hydrogens is 368 g/mol. The number of nitrogens with one attached hydrogen (secondary N) is 2. The second kappa shape index (κ2) is 10.9. The fourth-order valence-electron chi connectivity index (χ4n) is 3.72. The van der Waals surface area contributed by atoms with Gasteiger partial charge < -0.3 is 24.8 Å². The van der Waals surface area contributed by atoms with Crippen molar-refractivity contribution in [1.29, 1.82) is 0 Å².